The lowest BCUT2D eigenvalue weighted by Gasteiger charge is -2.26. The van der Waals surface area contributed by atoms with Crippen LogP contribution in [-0.2, 0) is 28.8 Å². The van der Waals surface area contributed by atoms with Crippen molar-refractivity contribution in [2.24, 2.45) is 0 Å². The summed E-state index contributed by atoms with van der Waals surface area (Å²) in [5.74, 6) is -1.10. The van der Waals surface area contributed by atoms with E-state index in [1.54, 1.807) is 6.07 Å². The number of benzene rings is 1. The van der Waals surface area contributed by atoms with Gasteiger partial charge in [0.1, 0.15) is 0 Å². The number of methoxy groups -OCH3 is 1. The predicted octanol–water partition coefficient (Wildman–Crippen LogP) is 1.73. The molecule has 2 rings (SSSR count). The van der Waals surface area contributed by atoms with Gasteiger partial charge in [-0.15, -0.1) is 0 Å². The van der Waals surface area contributed by atoms with E-state index in [2.05, 4.69) is 10.1 Å². The summed E-state index contributed by atoms with van der Waals surface area (Å²) >= 11 is 0. The van der Waals surface area contributed by atoms with Crippen LogP contribution in [0.5, 0.6) is 0 Å². The Kier molecular flexibility index (Phi) is 4.80. The van der Waals surface area contributed by atoms with Crippen molar-refractivity contribution in [2.75, 3.05) is 7.11 Å². The second-order valence-electron chi connectivity index (χ2n) is 5.25. The Morgan fingerprint density at radius 1 is 1.41 bits per heavy atom. The van der Waals surface area contributed by atoms with Crippen molar-refractivity contribution in [1.29, 1.82) is 0 Å². The molecule has 1 aromatic carbocycles. The van der Waals surface area contributed by atoms with Crippen molar-refractivity contribution in [2.45, 2.75) is 38.6 Å². The summed E-state index contributed by atoms with van der Waals surface area (Å²) in [6.07, 6.45) is 1.00. The molecule has 6 heteroatoms. The molecule has 118 valence electrons. The number of ether oxygens (including phenoxy) is 1. The molecule has 1 aromatic rings. The zero-order valence-electron chi connectivity index (χ0n) is 12.6. The average molecular weight is 305 g/mol. The third-order valence-electron chi connectivity index (χ3n) is 3.93. The van der Waals surface area contributed by atoms with Crippen LogP contribution in [-0.4, -0.2) is 36.1 Å². The quantitative estimate of drug-likeness (QED) is 0.883. The lowest BCUT2D eigenvalue weighted by molar-refractivity contribution is -0.136. The van der Waals surface area contributed by atoms with Crippen molar-refractivity contribution in [3.05, 3.63) is 34.4 Å². The Labute approximate surface area is 128 Å². The number of hydrogen-bond acceptors (Lipinski definition) is 4. The van der Waals surface area contributed by atoms with E-state index in [1.165, 1.54) is 7.11 Å². The Morgan fingerprint density at radius 3 is 2.73 bits per heavy atom. The van der Waals surface area contributed by atoms with Crippen LogP contribution in [0.4, 0.5) is 4.79 Å². The molecule has 2 N–H and O–H groups in total. The fourth-order valence-corrected chi connectivity index (χ4v) is 2.93. The summed E-state index contributed by atoms with van der Waals surface area (Å²) < 4.78 is 4.54. The Bertz CT molecular complexity index is 623. The molecule has 0 bridgehead atoms. The largest absolute Gasteiger partial charge is 0.481 e. The van der Waals surface area contributed by atoms with Crippen LogP contribution in [0.2, 0.25) is 0 Å². The van der Waals surface area contributed by atoms with Crippen molar-refractivity contribution in [3.8, 4) is 0 Å². The molecule has 0 radical (unpaired) electrons. The summed E-state index contributed by atoms with van der Waals surface area (Å²) in [4.78, 5) is 35.0. The second-order valence-corrected chi connectivity index (χ2v) is 5.25. The van der Waals surface area contributed by atoms with E-state index >= 15 is 0 Å². The zero-order valence-corrected chi connectivity index (χ0v) is 12.6. The summed E-state index contributed by atoms with van der Waals surface area (Å²) in [7, 11) is 1.25. The number of aryl methyl sites for hydroxylation is 1. The Balaban J connectivity index is 2.40. The van der Waals surface area contributed by atoms with Gasteiger partial charge in [0.05, 0.1) is 19.6 Å². The van der Waals surface area contributed by atoms with E-state index in [4.69, 9.17) is 5.11 Å². The summed E-state index contributed by atoms with van der Waals surface area (Å²) in [5, 5.41) is 11.5. The summed E-state index contributed by atoms with van der Waals surface area (Å²) in [5.41, 5.74) is 2.90. The first-order valence-corrected chi connectivity index (χ1v) is 7.22. The maximum absolute atomic E-state index is 12.7. The minimum Gasteiger partial charge on any atom is -0.481 e. The fraction of sp³-hybridized carbons (Fsp3) is 0.438. The van der Waals surface area contributed by atoms with Crippen LogP contribution in [0.1, 0.15) is 40.4 Å². The van der Waals surface area contributed by atoms with Gasteiger partial charge in [-0.05, 0) is 36.0 Å². The van der Waals surface area contributed by atoms with Crippen LogP contribution >= 0.6 is 0 Å². The predicted molar refractivity (Wildman–Crippen MR) is 79.1 cm³/mol. The first-order valence-electron chi connectivity index (χ1n) is 7.22. The van der Waals surface area contributed by atoms with E-state index in [1.807, 2.05) is 13.0 Å². The molecule has 1 atom stereocenters. The number of rotatable bonds is 4. The number of amides is 1. The molecular formula is C16H19NO5. The first-order chi connectivity index (χ1) is 10.5. The number of carboxylic acids is 1. The minimum atomic E-state index is -0.929. The monoisotopic (exact) mass is 305 g/mol. The summed E-state index contributed by atoms with van der Waals surface area (Å²) in [6, 6.07) is 2.98. The normalized spacial score (nSPS) is 16.8. The second kappa shape index (κ2) is 6.60. The molecule has 1 aliphatic carbocycles. The van der Waals surface area contributed by atoms with Gasteiger partial charge in [-0.1, -0.05) is 19.1 Å². The molecular weight excluding hydrogens is 286 g/mol. The van der Waals surface area contributed by atoms with Gasteiger partial charge in [-0.2, -0.15) is 0 Å². The third-order valence-corrected chi connectivity index (χ3v) is 3.93. The molecule has 0 aliphatic heterocycles. The number of fused-ring (bicyclic) bond motifs is 1. The highest BCUT2D eigenvalue weighted by Gasteiger charge is 2.31. The van der Waals surface area contributed by atoms with Crippen LogP contribution in [0, 0.1) is 0 Å². The van der Waals surface area contributed by atoms with Crippen LogP contribution in [0.15, 0.2) is 12.1 Å². The molecule has 22 heavy (non-hydrogen) atoms. The number of carbonyl (C=O) groups is 3. The molecule has 0 aromatic heterocycles. The number of alkyl carbamates (subject to hydrolysis) is 1. The molecule has 6 nitrogen and oxygen atoms in total. The highest BCUT2D eigenvalue weighted by Crippen LogP contribution is 2.28. The van der Waals surface area contributed by atoms with Crippen molar-refractivity contribution in [1.82, 2.24) is 5.32 Å². The molecule has 0 fully saturated rings. The van der Waals surface area contributed by atoms with E-state index in [0.717, 1.165) is 11.1 Å². The third kappa shape index (κ3) is 3.10. The van der Waals surface area contributed by atoms with Gasteiger partial charge >= 0.3 is 12.1 Å². The van der Waals surface area contributed by atoms with E-state index in [0.29, 0.717) is 30.4 Å². The van der Waals surface area contributed by atoms with Gasteiger partial charge in [0.2, 0.25) is 0 Å². The highest BCUT2D eigenvalue weighted by atomic mass is 16.5. The SMILES string of the molecule is CCc1c(CC(=O)O)ccc2c1C(=O)C(NC(=O)OC)CC2. The standard InChI is InChI=1S/C16H19NO5/c1-3-11-10(8-13(18)19)5-4-9-6-7-12(15(20)14(9)11)17-16(21)22-2/h4-5,12H,3,6-8H2,1-2H3,(H,17,21)(H,18,19). The molecule has 1 amide bonds. The van der Waals surface area contributed by atoms with Crippen LogP contribution in [0.3, 0.4) is 0 Å². The van der Waals surface area contributed by atoms with Gasteiger partial charge in [0.15, 0.2) is 5.78 Å². The molecule has 0 saturated heterocycles. The topological polar surface area (TPSA) is 92.7 Å². The Hall–Kier alpha value is -2.37. The highest BCUT2D eigenvalue weighted by molar-refractivity contribution is 6.05. The molecule has 0 heterocycles. The summed E-state index contributed by atoms with van der Waals surface area (Å²) in [6.45, 7) is 1.89. The zero-order chi connectivity index (χ0) is 16.3. The number of ketones is 1. The molecule has 1 unspecified atom stereocenters. The van der Waals surface area contributed by atoms with E-state index < -0.39 is 18.1 Å². The number of nitrogens with one attached hydrogen (secondary N) is 1. The van der Waals surface area contributed by atoms with Crippen LogP contribution in [0.25, 0.3) is 0 Å². The van der Waals surface area contributed by atoms with Gasteiger partial charge in [0, 0.05) is 5.56 Å². The fourth-order valence-electron chi connectivity index (χ4n) is 2.93. The van der Waals surface area contributed by atoms with Crippen molar-refractivity contribution < 1.29 is 24.2 Å². The van der Waals surface area contributed by atoms with Gasteiger partial charge in [0.25, 0.3) is 0 Å². The maximum atomic E-state index is 12.7. The average Bonchev–Trinajstić information content (AvgIpc) is 2.49. The van der Waals surface area contributed by atoms with Crippen molar-refractivity contribution >= 4 is 17.8 Å². The number of hydrogen-bond donors (Lipinski definition) is 2. The molecule has 0 spiro atoms. The number of carboxylic acid groups (broad SMARTS) is 1. The number of Topliss-reactive ketones (excluding diaryl/α,β-unsaturated/α-hetero) is 1. The van der Waals surface area contributed by atoms with Gasteiger partial charge < -0.3 is 15.2 Å². The van der Waals surface area contributed by atoms with Gasteiger partial charge in [-0.3, -0.25) is 9.59 Å². The number of aliphatic carboxylic acids is 1. The number of carbonyl (C=O) groups excluding carboxylic acids is 2. The maximum Gasteiger partial charge on any atom is 0.407 e. The first kappa shape index (κ1) is 16.0. The smallest absolute Gasteiger partial charge is 0.407 e. The van der Waals surface area contributed by atoms with Crippen LogP contribution < -0.4 is 5.32 Å². The van der Waals surface area contributed by atoms with E-state index in [-0.39, 0.29) is 12.2 Å². The van der Waals surface area contributed by atoms with E-state index in [9.17, 15) is 14.4 Å². The Morgan fingerprint density at radius 2 is 2.14 bits per heavy atom. The molecule has 1 aliphatic rings. The van der Waals surface area contributed by atoms with Gasteiger partial charge in [-0.25, -0.2) is 4.79 Å². The lowest BCUT2D eigenvalue weighted by Crippen LogP contribution is -2.44. The lowest BCUT2D eigenvalue weighted by atomic mass is 9.81. The minimum absolute atomic E-state index is 0.112. The molecule has 0 saturated carbocycles. The van der Waals surface area contributed by atoms with Crippen molar-refractivity contribution in [3.63, 3.8) is 0 Å².